The topological polar surface area (TPSA) is 112 Å². The average Bonchev–Trinajstić information content (AvgIpc) is 1.72. The van der Waals surface area contributed by atoms with Crippen molar-refractivity contribution in [2.45, 2.75) is 6.29 Å². The van der Waals surface area contributed by atoms with Crippen LogP contribution in [0.15, 0.2) is 5.11 Å². The molecule has 0 atom stereocenters. The maximum Gasteiger partial charge on any atom is 0.198 e. The van der Waals surface area contributed by atoms with Gasteiger partial charge in [-0.15, -0.1) is 0 Å². The number of rotatable bonds is 3. The summed E-state index contributed by atoms with van der Waals surface area (Å²) < 4.78 is 0. The fourth-order valence-electron chi connectivity index (χ4n) is 0.123. The Balaban J connectivity index is 3.16. The minimum atomic E-state index is -0.667. The molecule has 7 heavy (non-hydrogen) atoms. The van der Waals surface area contributed by atoms with E-state index in [1.807, 2.05) is 0 Å². The van der Waals surface area contributed by atoms with Gasteiger partial charge in [-0.25, -0.2) is 16.4 Å². The normalized spacial score (nSPS) is 9.57. The molecule has 6 nitrogen and oxygen atoms in total. The Bertz CT molecular complexity index is 46.1. The van der Waals surface area contributed by atoms with E-state index in [-0.39, 0.29) is 0 Å². The first-order chi connectivity index (χ1) is 3.35. The summed E-state index contributed by atoms with van der Waals surface area (Å²) in [5, 5.41) is 2.90. The van der Waals surface area contributed by atoms with Crippen LogP contribution in [0.3, 0.4) is 0 Å². The third-order valence-electron chi connectivity index (χ3n) is 0.445. The van der Waals surface area contributed by atoms with Gasteiger partial charge >= 0.3 is 0 Å². The Morgan fingerprint density at radius 1 is 1.43 bits per heavy atom. The first-order valence-electron chi connectivity index (χ1n) is 1.64. The molecule has 0 fully saturated rings. The van der Waals surface area contributed by atoms with E-state index < -0.39 is 6.29 Å². The molecular weight excluding hydrogens is 96.1 g/mol. The van der Waals surface area contributed by atoms with E-state index >= 15 is 0 Å². The lowest BCUT2D eigenvalue weighted by Gasteiger charge is -2.03. The van der Waals surface area contributed by atoms with E-state index in [2.05, 4.69) is 16.0 Å². The first-order valence-corrected chi connectivity index (χ1v) is 1.64. The summed E-state index contributed by atoms with van der Waals surface area (Å²) >= 11 is 0. The molecule has 0 heterocycles. The molecule has 0 aromatic rings. The zero-order valence-electron chi connectivity index (χ0n) is 3.68. The molecule has 0 unspecified atom stereocenters. The molecule has 0 aromatic heterocycles. The lowest BCUT2D eigenvalue weighted by molar-refractivity contribution is 0.435. The summed E-state index contributed by atoms with van der Waals surface area (Å²) in [5.74, 6) is 9.58. The third kappa shape index (κ3) is 2.18. The van der Waals surface area contributed by atoms with Crippen molar-refractivity contribution in [1.82, 2.24) is 10.9 Å². The van der Waals surface area contributed by atoms with Gasteiger partial charge in [0.05, 0.1) is 0 Å². The van der Waals surface area contributed by atoms with Crippen molar-refractivity contribution in [2.75, 3.05) is 0 Å². The Hall–Kier alpha value is -0.560. The van der Waals surface area contributed by atoms with Crippen LogP contribution in [0.1, 0.15) is 0 Å². The number of hydrazine groups is 2. The molecule has 42 valence electrons. The van der Waals surface area contributed by atoms with Crippen LogP contribution in [0.2, 0.25) is 0 Å². The monoisotopic (exact) mass is 104 g/mol. The molecule has 0 rings (SSSR count). The molecular formula is CH8N6. The van der Waals surface area contributed by atoms with Gasteiger partial charge in [0.1, 0.15) is 0 Å². The number of nitrogens with zero attached hydrogens (tertiary/aromatic N) is 1. The van der Waals surface area contributed by atoms with E-state index in [4.69, 9.17) is 17.2 Å². The highest BCUT2D eigenvalue weighted by molar-refractivity contribution is 4.42. The summed E-state index contributed by atoms with van der Waals surface area (Å²) in [7, 11) is 0. The van der Waals surface area contributed by atoms with Gasteiger partial charge in [-0.2, -0.15) is 5.11 Å². The largest absolute Gasteiger partial charge is 0.268 e. The SMILES string of the molecule is N=NC(NN)NN. The predicted octanol–water partition coefficient (Wildman–Crippen LogP) is -1.77. The zero-order chi connectivity index (χ0) is 5.70. The van der Waals surface area contributed by atoms with Crippen LogP contribution in [0.25, 0.3) is 0 Å². The van der Waals surface area contributed by atoms with Crippen LogP contribution in [-0.4, -0.2) is 6.29 Å². The first kappa shape index (κ1) is 6.44. The van der Waals surface area contributed by atoms with Crippen molar-refractivity contribution in [3.8, 4) is 0 Å². The lowest BCUT2D eigenvalue weighted by atomic mass is 10.9. The number of nitrogens with two attached hydrogens (primary N) is 2. The van der Waals surface area contributed by atoms with Crippen LogP contribution >= 0.6 is 0 Å². The standard InChI is InChI=1S/CH8N6/c2-5-1(6-3)7-4/h1-2,6-7H,3-4H2. The van der Waals surface area contributed by atoms with Crippen LogP contribution in [0, 0.1) is 5.53 Å². The second kappa shape index (κ2) is 3.62. The van der Waals surface area contributed by atoms with Crippen LogP contribution in [0.5, 0.6) is 0 Å². The average molecular weight is 104 g/mol. The summed E-state index contributed by atoms with van der Waals surface area (Å²) in [6.45, 7) is 0. The Labute approximate surface area is 40.7 Å². The van der Waals surface area contributed by atoms with Gasteiger partial charge in [-0.3, -0.25) is 11.7 Å². The quantitative estimate of drug-likeness (QED) is 0.126. The summed E-state index contributed by atoms with van der Waals surface area (Å²) in [6.07, 6.45) is -0.667. The number of hydrogen-bond donors (Lipinski definition) is 5. The molecule has 0 aliphatic carbocycles. The van der Waals surface area contributed by atoms with Gasteiger partial charge in [0.15, 0.2) is 6.29 Å². The highest BCUT2D eigenvalue weighted by Gasteiger charge is 1.93. The van der Waals surface area contributed by atoms with Gasteiger partial charge in [-0.05, 0) is 0 Å². The summed E-state index contributed by atoms with van der Waals surface area (Å²) in [6, 6.07) is 0. The van der Waals surface area contributed by atoms with Crippen LogP contribution < -0.4 is 22.5 Å². The van der Waals surface area contributed by atoms with Crippen molar-refractivity contribution in [3.63, 3.8) is 0 Å². The molecule has 0 aromatic carbocycles. The molecule has 0 radical (unpaired) electrons. The number of nitrogens with one attached hydrogen (secondary N) is 3. The fraction of sp³-hybridized carbons (Fsp3) is 1.00. The molecule has 7 N–H and O–H groups in total. The van der Waals surface area contributed by atoms with Gasteiger partial charge < -0.3 is 0 Å². The van der Waals surface area contributed by atoms with E-state index in [9.17, 15) is 0 Å². The highest BCUT2D eigenvalue weighted by Crippen LogP contribution is 1.66. The number of hydrogen-bond acceptors (Lipinski definition) is 6. The van der Waals surface area contributed by atoms with Crippen molar-refractivity contribution in [2.24, 2.45) is 16.8 Å². The zero-order valence-corrected chi connectivity index (χ0v) is 3.68. The van der Waals surface area contributed by atoms with Crippen LogP contribution in [-0.2, 0) is 0 Å². The van der Waals surface area contributed by atoms with E-state index in [1.54, 1.807) is 0 Å². The Kier molecular flexibility index (Phi) is 3.33. The van der Waals surface area contributed by atoms with Gasteiger partial charge in [0.25, 0.3) is 0 Å². The molecule has 0 amide bonds. The van der Waals surface area contributed by atoms with Gasteiger partial charge in [0.2, 0.25) is 0 Å². The minimum Gasteiger partial charge on any atom is -0.268 e. The Morgan fingerprint density at radius 3 is 1.86 bits per heavy atom. The molecule has 0 saturated carbocycles. The van der Waals surface area contributed by atoms with E-state index in [0.29, 0.717) is 0 Å². The van der Waals surface area contributed by atoms with Crippen molar-refractivity contribution >= 4 is 0 Å². The second-order valence-electron chi connectivity index (χ2n) is 0.865. The maximum atomic E-state index is 6.30. The van der Waals surface area contributed by atoms with Crippen molar-refractivity contribution in [3.05, 3.63) is 0 Å². The maximum absolute atomic E-state index is 6.30. The molecule has 0 bridgehead atoms. The fourth-order valence-corrected chi connectivity index (χ4v) is 0.123. The van der Waals surface area contributed by atoms with Crippen molar-refractivity contribution < 1.29 is 0 Å². The summed E-state index contributed by atoms with van der Waals surface area (Å²) in [5.41, 5.74) is 10.5. The lowest BCUT2D eigenvalue weighted by Crippen LogP contribution is -2.47. The molecule has 0 saturated heterocycles. The summed E-state index contributed by atoms with van der Waals surface area (Å²) in [4.78, 5) is 0. The molecule has 0 aliphatic heterocycles. The van der Waals surface area contributed by atoms with Gasteiger partial charge in [0, 0.05) is 0 Å². The Morgan fingerprint density at radius 2 is 1.86 bits per heavy atom. The smallest absolute Gasteiger partial charge is 0.198 e. The van der Waals surface area contributed by atoms with Crippen molar-refractivity contribution in [1.29, 1.82) is 5.53 Å². The second-order valence-corrected chi connectivity index (χ2v) is 0.865. The highest BCUT2D eigenvalue weighted by atomic mass is 15.5. The van der Waals surface area contributed by atoms with E-state index in [0.717, 1.165) is 0 Å². The third-order valence-corrected chi connectivity index (χ3v) is 0.445. The van der Waals surface area contributed by atoms with Gasteiger partial charge in [-0.1, -0.05) is 0 Å². The van der Waals surface area contributed by atoms with Crippen LogP contribution in [0.4, 0.5) is 0 Å². The predicted molar refractivity (Wildman–Crippen MR) is 23.6 cm³/mol. The van der Waals surface area contributed by atoms with E-state index in [1.165, 1.54) is 0 Å². The molecule has 6 heteroatoms. The minimum absolute atomic E-state index is 0.667. The molecule has 0 aliphatic rings. The molecule has 0 spiro atoms.